The van der Waals surface area contributed by atoms with Gasteiger partial charge in [-0.25, -0.2) is 8.78 Å². The number of alkyl halides is 5. The molecule has 0 radical (unpaired) electrons. The van der Waals surface area contributed by atoms with Crippen LogP contribution >= 0.6 is 0 Å². The zero-order valence-electron chi connectivity index (χ0n) is 23.7. The molecule has 0 spiro atoms. The van der Waals surface area contributed by atoms with Gasteiger partial charge in [0.1, 0.15) is 12.2 Å². The minimum absolute atomic E-state index is 0.0567. The summed E-state index contributed by atoms with van der Waals surface area (Å²) in [6, 6.07) is 11.9. The number of hydrogen-bond acceptors (Lipinski definition) is 5. The standard InChI is InChI=1S/C31H31F5N6O/c1-40-19-38-39-27(40)14-29(12-21(13-29)15-37)22-5-4-6-23(11-22)42-17-25-24(28(42)43)9-20(10-26(25)31(34,35)36)16-41-8-3-2-7-30(32,33)18-41/h4-6,9-11,19,21H,2-3,7-8,12-14,16-18H2,1H3. The molecular formula is C31H31F5N6O. The Morgan fingerprint density at radius 2 is 1.93 bits per heavy atom. The molecule has 1 aromatic heterocycles. The summed E-state index contributed by atoms with van der Waals surface area (Å²) in [5.74, 6) is -2.86. The van der Waals surface area contributed by atoms with Crippen molar-refractivity contribution in [2.75, 3.05) is 18.0 Å². The molecule has 3 aliphatic rings. The second-order valence-electron chi connectivity index (χ2n) is 12.2. The summed E-state index contributed by atoms with van der Waals surface area (Å²) in [7, 11) is 1.84. The molecule has 2 aliphatic heterocycles. The first-order valence-corrected chi connectivity index (χ1v) is 14.4. The van der Waals surface area contributed by atoms with Crippen LogP contribution in [-0.4, -0.2) is 44.6 Å². The number of halogens is 5. The average molecular weight is 599 g/mol. The molecule has 2 fully saturated rings. The Morgan fingerprint density at radius 1 is 1.14 bits per heavy atom. The van der Waals surface area contributed by atoms with Crippen LogP contribution in [0.2, 0.25) is 0 Å². The van der Waals surface area contributed by atoms with Gasteiger partial charge < -0.3 is 9.47 Å². The Hall–Kier alpha value is -3.85. The Morgan fingerprint density at radius 3 is 2.63 bits per heavy atom. The van der Waals surface area contributed by atoms with Crippen LogP contribution in [0.3, 0.4) is 0 Å². The molecule has 3 heterocycles. The van der Waals surface area contributed by atoms with E-state index in [1.54, 1.807) is 18.5 Å². The van der Waals surface area contributed by atoms with Crippen molar-refractivity contribution in [2.24, 2.45) is 13.0 Å². The number of hydrogen-bond donors (Lipinski definition) is 0. The summed E-state index contributed by atoms with van der Waals surface area (Å²) in [6.07, 6.45) is -0.782. The largest absolute Gasteiger partial charge is 0.416 e. The zero-order chi connectivity index (χ0) is 30.6. The quantitative estimate of drug-likeness (QED) is 0.324. The normalized spacial score (nSPS) is 23.9. The van der Waals surface area contributed by atoms with Crippen LogP contribution < -0.4 is 4.90 Å². The molecule has 2 aromatic carbocycles. The number of likely N-dealkylation sites (tertiary alicyclic amines) is 1. The maximum absolute atomic E-state index is 14.3. The van der Waals surface area contributed by atoms with Crippen molar-refractivity contribution in [3.63, 3.8) is 0 Å². The molecular weight excluding hydrogens is 567 g/mol. The highest BCUT2D eigenvalue weighted by atomic mass is 19.4. The summed E-state index contributed by atoms with van der Waals surface area (Å²) < 4.78 is 73.1. The van der Waals surface area contributed by atoms with Crippen LogP contribution in [-0.2, 0) is 38.1 Å². The van der Waals surface area contributed by atoms with Gasteiger partial charge in [0, 0.05) is 49.0 Å². The number of aromatic nitrogens is 3. The molecule has 1 saturated heterocycles. The third-order valence-corrected chi connectivity index (χ3v) is 9.06. The van der Waals surface area contributed by atoms with E-state index in [0.717, 1.165) is 17.5 Å². The number of carbonyl (C=O) groups excluding carboxylic acids is 1. The van der Waals surface area contributed by atoms with Gasteiger partial charge in [0.2, 0.25) is 0 Å². The van der Waals surface area contributed by atoms with E-state index < -0.39 is 35.5 Å². The molecule has 12 heteroatoms. The summed E-state index contributed by atoms with van der Waals surface area (Å²) in [5.41, 5.74) is 0.0105. The smallest absolute Gasteiger partial charge is 0.321 e. The van der Waals surface area contributed by atoms with E-state index in [9.17, 15) is 32.0 Å². The van der Waals surface area contributed by atoms with Gasteiger partial charge in [-0.2, -0.15) is 18.4 Å². The summed E-state index contributed by atoms with van der Waals surface area (Å²) in [5, 5.41) is 17.7. The van der Waals surface area contributed by atoms with Crippen molar-refractivity contribution in [1.29, 1.82) is 5.26 Å². The number of rotatable bonds is 6. The number of carbonyl (C=O) groups is 1. The minimum atomic E-state index is -4.72. The average Bonchev–Trinajstić information content (AvgIpc) is 3.43. The van der Waals surface area contributed by atoms with Crippen LogP contribution in [0.4, 0.5) is 27.6 Å². The fraction of sp³-hybridized carbons (Fsp3) is 0.484. The zero-order valence-corrected chi connectivity index (χ0v) is 23.7. The van der Waals surface area contributed by atoms with Gasteiger partial charge >= 0.3 is 6.18 Å². The van der Waals surface area contributed by atoms with Crippen molar-refractivity contribution in [2.45, 2.75) is 69.1 Å². The van der Waals surface area contributed by atoms with Gasteiger partial charge in [0.05, 0.1) is 24.7 Å². The van der Waals surface area contributed by atoms with E-state index in [1.165, 1.54) is 15.9 Å². The molecule has 1 saturated carbocycles. The van der Waals surface area contributed by atoms with Gasteiger partial charge in [0.15, 0.2) is 0 Å². The van der Waals surface area contributed by atoms with E-state index in [-0.39, 0.29) is 42.1 Å². The minimum Gasteiger partial charge on any atom is -0.321 e. The first-order valence-electron chi connectivity index (χ1n) is 14.4. The predicted molar refractivity (Wildman–Crippen MR) is 147 cm³/mol. The van der Waals surface area contributed by atoms with Crippen LogP contribution in [0.1, 0.15) is 70.5 Å². The summed E-state index contributed by atoms with van der Waals surface area (Å²) >= 11 is 0. The highest BCUT2D eigenvalue weighted by Crippen LogP contribution is 2.50. The second kappa shape index (κ2) is 10.7. The Labute approximate surface area is 245 Å². The molecule has 0 N–H and O–H groups in total. The summed E-state index contributed by atoms with van der Waals surface area (Å²) in [6.45, 7) is -0.532. The number of benzene rings is 2. The predicted octanol–water partition coefficient (Wildman–Crippen LogP) is 6.03. The van der Waals surface area contributed by atoms with E-state index in [2.05, 4.69) is 16.3 Å². The van der Waals surface area contributed by atoms with Crippen molar-refractivity contribution < 1.29 is 26.7 Å². The highest BCUT2D eigenvalue weighted by molar-refractivity contribution is 6.10. The Balaban J connectivity index is 1.31. The lowest BCUT2D eigenvalue weighted by Crippen LogP contribution is -2.43. The number of amides is 1. The maximum atomic E-state index is 14.3. The fourth-order valence-corrected chi connectivity index (χ4v) is 6.85. The topological polar surface area (TPSA) is 78.1 Å². The third kappa shape index (κ3) is 5.62. The Bertz CT molecular complexity index is 1590. The lowest BCUT2D eigenvalue weighted by molar-refractivity contribution is -0.138. The van der Waals surface area contributed by atoms with Gasteiger partial charge in [-0.3, -0.25) is 9.69 Å². The first kappa shape index (κ1) is 29.2. The van der Waals surface area contributed by atoms with Crippen LogP contribution in [0.25, 0.3) is 0 Å². The molecule has 6 rings (SSSR count). The van der Waals surface area contributed by atoms with Gasteiger partial charge in [0.25, 0.3) is 11.8 Å². The monoisotopic (exact) mass is 598 g/mol. The second-order valence-corrected chi connectivity index (χ2v) is 12.2. The molecule has 226 valence electrons. The van der Waals surface area contributed by atoms with Crippen molar-refractivity contribution in [3.05, 3.63) is 76.4 Å². The van der Waals surface area contributed by atoms with Crippen LogP contribution in [0.5, 0.6) is 0 Å². The van der Waals surface area contributed by atoms with E-state index in [1.807, 2.05) is 23.7 Å². The molecule has 0 unspecified atom stereocenters. The maximum Gasteiger partial charge on any atom is 0.416 e. The number of anilines is 1. The molecule has 0 bridgehead atoms. The van der Waals surface area contributed by atoms with Gasteiger partial charge in [-0.15, -0.1) is 10.2 Å². The molecule has 43 heavy (non-hydrogen) atoms. The molecule has 7 nitrogen and oxygen atoms in total. The van der Waals surface area contributed by atoms with Crippen LogP contribution in [0, 0.1) is 17.2 Å². The van der Waals surface area contributed by atoms with E-state index in [0.29, 0.717) is 44.3 Å². The summed E-state index contributed by atoms with van der Waals surface area (Å²) in [4.78, 5) is 16.5. The third-order valence-electron chi connectivity index (χ3n) is 9.06. The molecule has 3 aromatic rings. The van der Waals surface area contributed by atoms with Crippen LogP contribution in [0.15, 0.2) is 42.7 Å². The first-order chi connectivity index (χ1) is 20.4. The van der Waals surface area contributed by atoms with Crippen molar-refractivity contribution in [1.82, 2.24) is 19.7 Å². The number of nitrogens with zero attached hydrogens (tertiary/aromatic N) is 6. The number of nitriles is 1. The van der Waals surface area contributed by atoms with Gasteiger partial charge in [-0.1, -0.05) is 12.1 Å². The number of fused-ring (bicyclic) bond motifs is 1. The lowest BCUT2D eigenvalue weighted by Gasteiger charge is -2.45. The SMILES string of the molecule is Cn1cnnc1CC1(c2cccc(N3Cc4c(cc(CN5CCCCC(F)(F)C5)cc4C(F)(F)F)C3=O)c2)CC(C#N)C1. The van der Waals surface area contributed by atoms with Crippen molar-refractivity contribution >= 4 is 11.6 Å². The number of aryl methyl sites for hydroxylation is 1. The van der Waals surface area contributed by atoms with Crippen molar-refractivity contribution in [3.8, 4) is 6.07 Å². The Kier molecular flexibility index (Phi) is 7.27. The highest BCUT2D eigenvalue weighted by Gasteiger charge is 2.47. The fourth-order valence-electron chi connectivity index (χ4n) is 6.85. The molecule has 0 atom stereocenters. The molecule has 1 aliphatic carbocycles. The van der Waals surface area contributed by atoms with Gasteiger partial charge in [-0.05, 0) is 73.2 Å². The lowest BCUT2D eigenvalue weighted by atomic mass is 9.57. The van der Waals surface area contributed by atoms with E-state index >= 15 is 0 Å². The van der Waals surface area contributed by atoms with E-state index in [4.69, 9.17) is 0 Å². The molecule has 1 amide bonds.